The fraction of sp³-hybridized carbons (Fsp3) is 0.265. The van der Waals surface area contributed by atoms with Crippen molar-refractivity contribution in [1.82, 2.24) is 0 Å². The van der Waals surface area contributed by atoms with Crippen LogP contribution in [0.2, 0.25) is 0 Å². The molecule has 0 amide bonds. The van der Waals surface area contributed by atoms with Gasteiger partial charge in [0, 0.05) is 21.5 Å². The Hall–Kier alpha value is -5.88. The maximum absolute atomic E-state index is 13.4. The predicted octanol–water partition coefficient (Wildman–Crippen LogP) is 12.0. The number of rotatable bonds is 14. The van der Waals surface area contributed by atoms with Crippen molar-refractivity contribution in [1.29, 1.82) is 0 Å². The van der Waals surface area contributed by atoms with E-state index in [4.69, 9.17) is 18.9 Å². The molecule has 0 saturated carbocycles. The normalized spacial score (nSPS) is 12.8. The molecular formula is C49H48O6. The van der Waals surface area contributed by atoms with E-state index in [1.165, 1.54) is 5.56 Å². The minimum Gasteiger partial charge on any atom is -0.488 e. The number of carbonyl (C=O) groups excluding carboxylic acids is 2. The van der Waals surface area contributed by atoms with E-state index >= 15 is 0 Å². The number of esters is 2. The van der Waals surface area contributed by atoms with E-state index in [1.54, 1.807) is 6.07 Å². The van der Waals surface area contributed by atoms with Crippen LogP contribution in [0.3, 0.4) is 0 Å². The monoisotopic (exact) mass is 732 g/mol. The van der Waals surface area contributed by atoms with E-state index in [0.29, 0.717) is 35.5 Å². The molecule has 0 aliphatic rings. The van der Waals surface area contributed by atoms with Crippen LogP contribution in [0.15, 0.2) is 127 Å². The lowest BCUT2D eigenvalue weighted by atomic mass is 9.81. The van der Waals surface area contributed by atoms with Crippen LogP contribution in [0, 0.1) is 0 Å². The summed E-state index contributed by atoms with van der Waals surface area (Å²) < 4.78 is 25.4. The lowest BCUT2D eigenvalue weighted by Gasteiger charge is -2.26. The van der Waals surface area contributed by atoms with E-state index in [-0.39, 0.29) is 30.6 Å². The number of ether oxygens (including phenoxy) is 4. The first kappa shape index (κ1) is 37.4. The Labute approximate surface area is 323 Å². The van der Waals surface area contributed by atoms with Gasteiger partial charge < -0.3 is 18.9 Å². The van der Waals surface area contributed by atoms with Crippen LogP contribution in [-0.4, -0.2) is 37.4 Å². The first-order valence-corrected chi connectivity index (χ1v) is 19.3. The van der Waals surface area contributed by atoms with Gasteiger partial charge in [-0.15, -0.1) is 0 Å². The van der Waals surface area contributed by atoms with Crippen molar-refractivity contribution in [3.05, 3.63) is 144 Å². The molecule has 6 nitrogen and oxygen atoms in total. The summed E-state index contributed by atoms with van der Waals surface area (Å²) in [5, 5.41) is 7.67. The third-order valence-corrected chi connectivity index (χ3v) is 10.8. The lowest BCUT2D eigenvalue weighted by Crippen LogP contribution is -2.25. The fourth-order valence-electron chi connectivity index (χ4n) is 6.93. The average molecular weight is 733 g/mol. The lowest BCUT2D eigenvalue weighted by molar-refractivity contribution is 0.0159. The highest BCUT2D eigenvalue weighted by atomic mass is 16.6. The Balaban J connectivity index is 1.18. The summed E-state index contributed by atoms with van der Waals surface area (Å²) in [6, 6.07) is 41.7. The van der Waals surface area contributed by atoms with Gasteiger partial charge in [-0.3, -0.25) is 0 Å². The van der Waals surface area contributed by atoms with Crippen molar-refractivity contribution < 1.29 is 28.5 Å². The van der Waals surface area contributed by atoms with Crippen LogP contribution in [0.1, 0.15) is 80.2 Å². The molecule has 55 heavy (non-hydrogen) atoms. The zero-order valence-electron chi connectivity index (χ0n) is 32.3. The highest BCUT2D eigenvalue weighted by Crippen LogP contribution is 2.45. The van der Waals surface area contributed by atoms with Crippen molar-refractivity contribution in [2.45, 2.75) is 71.5 Å². The van der Waals surface area contributed by atoms with Gasteiger partial charge in [0.25, 0.3) is 0 Å². The maximum atomic E-state index is 13.4. The molecule has 0 spiro atoms. The predicted molar refractivity (Wildman–Crippen MR) is 223 cm³/mol. The molecule has 0 aliphatic carbocycles. The van der Waals surface area contributed by atoms with Gasteiger partial charge in [0.1, 0.15) is 36.9 Å². The summed E-state index contributed by atoms with van der Waals surface area (Å²) in [6.07, 6.45) is 1.18. The summed E-state index contributed by atoms with van der Waals surface area (Å²) in [6.45, 7) is 11.0. The molecule has 7 rings (SSSR count). The fourth-order valence-corrected chi connectivity index (χ4v) is 6.93. The summed E-state index contributed by atoms with van der Waals surface area (Å²) in [7, 11) is 0. The van der Waals surface area contributed by atoms with Gasteiger partial charge >= 0.3 is 11.9 Å². The second kappa shape index (κ2) is 16.2. The van der Waals surface area contributed by atoms with E-state index in [9.17, 15) is 9.59 Å². The van der Waals surface area contributed by atoms with Gasteiger partial charge in [0.15, 0.2) is 0 Å². The van der Waals surface area contributed by atoms with Crippen LogP contribution < -0.4 is 9.47 Å². The summed E-state index contributed by atoms with van der Waals surface area (Å²) >= 11 is 0. The molecule has 0 heterocycles. The smallest absolute Gasteiger partial charge is 0.338 e. The average Bonchev–Trinajstić information content (AvgIpc) is 3.22. The van der Waals surface area contributed by atoms with Crippen LogP contribution in [0.4, 0.5) is 0 Å². The highest BCUT2D eigenvalue weighted by Gasteiger charge is 2.25. The molecule has 0 aliphatic heterocycles. The largest absolute Gasteiger partial charge is 0.488 e. The molecule has 0 saturated heterocycles. The Bertz CT molecular complexity index is 2500. The SMILES string of the molecule is CCC(COc1c2ccccc2c(OCC(CC)OC(=O)c2ccc3ccccc3c2)c2cc(C(C)(C)CC)ccc12)OC(=O)c1ccc2ccccc2c1. The molecular weight excluding hydrogens is 685 g/mol. The van der Waals surface area contributed by atoms with Crippen molar-refractivity contribution in [3.63, 3.8) is 0 Å². The molecule has 0 radical (unpaired) electrons. The number of benzene rings is 7. The molecule has 0 bridgehead atoms. The molecule has 2 unspecified atom stereocenters. The quantitative estimate of drug-likeness (QED) is 0.0819. The third kappa shape index (κ3) is 8.00. The Morgan fingerprint density at radius 1 is 0.509 bits per heavy atom. The molecule has 0 aromatic heterocycles. The van der Waals surface area contributed by atoms with Gasteiger partial charge in [-0.25, -0.2) is 9.59 Å². The minimum atomic E-state index is -0.471. The zero-order chi connectivity index (χ0) is 38.5. The number of fused-ring (bicyclic) bond motifs is 4. The standard InChI is InChI=1S/C49H48O6/c1-6-39(54-47(50)36-23-21-32-15-9-11-17-34(32)27-36)30-52-45-41-19-13-14-20-42(41)46(44-29-38(25-26-43(44)45)49(4,5)8-3)53-31-40(7-2)55-48(51)37-24-22-33-16-10-12-18-35(33)28-37/h9-29,39-40H,6-8,30-31H2,1-5H3. The number of hydrogen-bond acceptors (Lipinski definition) is 6. The minimum absolute atomic E-state index is 0.0796. The van der Waals surface area contributed by atoms with Crippen molar-refractivity contribution in [2.24, 2.45) is 0 Å². The van der Waals surface area contributed by atoms with E-state index in [0.717, 1.165) is 49.5 Å². The Morgan fingerprint density at radius 2 is 0.945 bits per heavy atom. The van der Waals surface area contributed by atoms with Crippen LogP contribution >= 0.6 is 0 Å². The Morgan fingerprint density at radius 3 is 1.42 bits per heavy atom. The zero-order valence-corrected chi connectivity index (χ0v) is 32.3. The molecule has 7 aromatic carbocycles. The van der Waals surface area contributed by atoms with Gasteiger partial charge in [-0.2, -0.15) is 0 Å². The molecule has 0 fully saturated rings. The molecule has 2 atom stereocenters. The van der Waals surface area contributed by atoms with E-state index < -0.39 is 12.2 Å². The van der Waals surface area contributed by atoms with E-state index in [1.807, 2.05) is 117 Å². The van der Waals surface area contributed by atoms with Gasteiger partial charge in [-0.05, 0) is 82.1 Å². The van der Waals surface area contributed by atoms with E-state index in [2.05, 4.69) is 39.0 Å². The molecule has 6 heteroatoms. The number of carbonyl (C=O) groups is 2. The maximum Gasteiger partial charge on any atom is 0.338 e. The van der Waals surface area contributed by atoms with Crippen LogP contribution in [0.25, 0.3) is 43.1 Å². The second-order valence-corrected chi connectivity index (χ2v) is 14.8. The highest BCUT2D eigenvalue weighted by molar-refractivity contribution is 6.11. The van der Waals surface area contributed by atoms with Gasteiger partial charge in [-0.1, -0.05) is 132 Å². The molecule has 0 N–H and O–H groups in total. The first-order chi connectivity index (χ1) is 26.7. The summed E-state index contributed by atoms with van der Waals surface area (Å²) in [5.74, 6) is 0.659. The van der Waals surface area contributed by atoms with Gasteiger partial charge in [0.05, 0.1) is 11.1 Å². The van der Waals surface area contributed by atoms with Gasteiger partial charge in [0.2, 0.25) is 0 Å². The molecule has 280 valence electrons. The second-order valence-electron chi connectivity index (χ2n) is 14.8. The topological polar surface area (TPSA) is 71.1 Å². The summed E-state index contributed by atoms with van der Waals surface area (Å²) in [5.41, 5.74) is 2.12. The van der Waals surface area contributed by atoms with Crippen molar-refractivity contribution in [3.8, 4) is 11.5 Å². The summed E-state index contributed by atoms with van der Waals surface area (Å²) in [4.78, 5) is 26.7. The first-order valence-electron chi connectivity index (χ1n) is 19.3. The van der Waals surface area contributed by atoms with Crippen LogP contribution in [-0.2, 0) is 14.9 Å². The number of hydrogen-bond donors (Lipinski definition) is 0. The van der Waals surface area contributed by atoms with Crippen molar-refractivity contribution in [2.75, 3.05) is 13.2 Å². The Kier molecular flexibility index (Phi) is 11.1. The van der Waals surface area contributed by atoms with Crippen LogP contribution in [0.5, 0.6) is 11.5 Å². The third-order valence-electron chi connectivity index (χ3n) is 10.8. The molecule has 7 aromatic rings. The van der Waals surface area contributed by atoms with Crippen molar-refractivity contribution >= 4 is 55.0 Å².